The molecule has 3 rings (SSSR count). The zero-order valence-electron chi connectivity index (χ0n) is 10.6. The highest BCUT2D eigenvalue weighted by molar-refractivity contribution is 6.31. The van der Waals surface area contributed by atoms with Gasteiger partial charge in [0.2, 0.25) is 0 Å². The van der Waals surface area contributed by atoms with Crippen LogP contribution in [0.2, 0.25) is 5.02 Å². The molecular weight excluding hydrogens is 250 g/mol. The number of rotatable bonds is 2. The second-order valence-corrected chi connectivity index (χ2v) is 5.33. The van der Waals surface area contributed by atoms with Gasteiger partial charge in [0.05, 0.1) is 24.4 Å². The van der Waals surface area contributed by atoms with E-state index in [1.165, 1.54) is 0 Å². The van der Waals surface area contributed by atoms with Crippen molar-refractivity contribution in [3.05, 3.63) is 28.9 Å². The zero-order chi connectivity index (χ0) is 12.7. The molecule has 1 aliphatic rings. The molecular formula is C13H16ClN3O. The lowest BCUT2D eigenvalue weighted by molar-refractivity contribution is 0.00345. The molecule has 1 aliphatic heterocycles. The second-order valence-electron chi connectivity index (χ2n) is 4.89. The van der Waals surface area contributed by atoms with E-state index in [9.17, 15) is 0 Å². The number of halogens is 1. The van der Waals surface area contributed by atoms with Gasteiger partial charge in [0.1, 0.15) is 6.10 Å². The van der Waals surface area contributed by atoms with Crippen molar-refractivity contribution < 1.29 is 4.74 Å². The molecule has 0 amide bonds. The van der Waals surface area contributed by atoms with Gasteiger partial charge in [-0.1, -0.05) is 11.6 Å². The molecule has 1 aromatic carbocycles. The predicted octanol–water partition coefficient (Wildman–Crippen LogP) is 2.32. The van der Waals surface area contributed by atoms with Crippen LogP contribution < -0.4 is 0 Å². The maximum atomic E-state index is 6.08. The van der Waals surface area contributed by atoms with Gasteiger partial charge in [-0.15, -0.1) is 0 Å². The fraction of sp³-hybridized carbons (Fsp3) is 0.462. The van der Waals surface area contributed by atoms with E-state index in [4.69, 9.17) is 16.3 Å². The molecule has 0 N–H and O–H groups in total. The molecule has 4 nitrogen and oxygen atoms in total. The lowest BCUT2D eigenvalue weighted by Crippen LogP contribution is -2.29. The van der Waals surface area contributed by atoms with Crippen molar-refractivity contribution in [1.82, 2.24) is 14.7 Å². The number of ether oxygens (including phenoxy) is 1. The highest BCUT2D eigenvalue weighted by Gasteiger charge is 2.25. The van der Waals surface area contributed by atoms with Crippen LogP contribution in [0.15, 0.2) is 18.2 Å². The standard InChI is InChI=1S/C13H16ClN3O/c1-16(2)8-12-13-10-7-9(14)3-4-11(10)15-17(13)5-6-18-12/h3-4,7,12H,5-6,8H2,1-2H3/t12-/m0/s1. The molecule has 0 unspecified atom stereocenters. The summed E-state index contributed by atoms with van der Waals surface area (Å²) in [6.45, 7) is 2.38. The van der Waals surface area contributed by atoms with E-state index in [1.807, 2.05) is 32.3 Å². The monoisotopic (exact) mass is 265 g/mol. The number of benzene rings is 1. The van der Waals surface area contributed by atoms with E-state index < -0.39 is 0 Å². The Kier molecular flexibility index (Phi) is 3.01. The van der Waals surface area contributed by atoms with Crippen molar-refractivity contribution in [1.29, 1.82) is 0 Å². The van der Waals surface area contributed by atoms with Crippen molar-refractivity contribution in [2.24, 2.45) is 0 Å². The first kappa shape index (κ1) is 12.0. The highest BCUT2D eigenvalue weighted by Crippen LogP contribution is 2.31. The summed E-state index contributed by atoms with van der Waals surface area (Å²) in [4.78, 5) is 2.13. The van der Waals surface area contributed by atoms with Gasteiger partial charge >= 0.3 is 0 Å². The van der Waals surface area contributed by atoms with Crippen LogP contribution in [0.3, 0.4) is 0 Å². The summed E-state index contributed by atoms with van der Waals surface area (Å²) < 4.78 is 7.93. The van der Waals surface area contributed by atoms with Crippen LogP contribution in [-0.4, -0.2) is 41.9 Å². The molecule has 0 fully saturated rings. The number of likely N-dealkylation sites (N-methyl/N-ethyl adjacent to an activating group) is 1. The topological polar surface area (TPSA) is 30.3 Å². The third-order valence-corrected chi connectivity index (χ3v) is 3.43. The van der Waals surface area contributed by atoms with Crippen molar-refractivity contribution in [2.75, 3.05) is 27.2 Å². The lowest BCUT2D eigenvalue weighted by Gasteiger charge is -2.27. The molecule has 2 heterocycles. The molecule has 1 aromatic heterocycles. The fourth-order valence-electron chi connectivity index (χ4n) is 2.46. The Hall–Kier alpha value is -1.10. The molecule has 2 aromatic rings. The van der Waals surface area contributed by atoms with Crippen LogP contribution in [-0.2, 0) is 11.3 Å². The predicted molar refractivity (Wildman–Crippen MR) is 72.0 cm³/mol. The van der Waals surface area contributed by atoms with Crippen LogP contribution >= 0.6 is 11.6 Å². The quantitative estimate of drug-likeness (QED) is 0.835. The molecule has 0 saturated heterocycles. The molecule has 1 atom stereocenters. The van der Waals surface area contributed by atoms with E-state index in [0.29, 0.717) is 6.61 Å². The Balaban J connectivity index is 2.13. The van der Waals surface area contributed by atoms with E-state index in [1.54, 1.807) is 0 Å². The SMILES string of the molecule is CN(C)C[C@@H]1OCCn2nc3ccc(Cl)cc3c21. The van der Waals surface area contributed by atoms with Gasteiger partial charge in [-0.05, 0) is 32.3 Å². The van der Waals surface area contributed by atoms with Gasteiger partial charge in [0.25, 0.3) is 0 Å². The minimum Gasteiger partial charge on any atom is -0.369 e. The summed E-state index contributed by atoms with van der Waals surface area (Å²) in [5.41, 5.74) is 2.14. The fourth-order valence-corrected chi connectivity index (χ4v) is 2.64. The van der Waals surface area contributed by atoms with E-state index in [-0.39, 0.29) is 6.10 Å². The molecule has 0 aliphatic carbocycles. The Morgan fingerprint density at radius 1 is 1.50 bits per heavy atom. The maximum absolute atomic E-state index is 6.08. The highest BCUT2D eigenvalue weighted by atomic mass is 35.5. The normalized spacial score (nSPS) is 19.4. The minimum atomic E-state index is 0.0669. The van der Waals surface area contributed by atoms with E-state index >= 15 is 0 Å². The minimum absolute atomic E-state index is 0.0669. The average molecular weight is 266 g/mol. The van der Waals surface area contributed by atoms with E-state index in [0.717, 1.165) is 34.7 Å². The lowest BCUT2D eigenvalue weighted by atomic mass is 10.1. The van der Waals surface area contributed by atoms with E-state index in [2.05, 4.69) is 14.7 Å². The summed E-state index contributed by atoms with van der Waals surface area (Å²) >= 11 is 6.08. The van der Waals surface area contributed by atoms with Crippen LogP contribution in [0.25, 0.3) is 10.9 Å². The Morgan fingerprint density at radius 3 is 3.11 bits per heavy atom. The molecule has 0 saturated carbocycles. The van der Waals surface area contributed by atoms with Crippen molar-refractivity contribution in [3.63, 3.8) is 0 Å². The van der Waals surface area contributed by atoms with Crippen LogP contribution in [0.4, 0.5) is 0 Å². The summed E-state index contributed by atoms with van der Waals surface area (Å²) in [5.74, 6) is 0. The first-order chi connectivity index (χ1) is 8.65. The first-order valence-corrected chi connectivity index (χ1v) is 6.45. The number of hydrogen-bond acceptors (Lipinski definition) is 3. The summed E-state index contributed by atoms with van der Waals surface area (Å²) in [7, 11) is 4.10. The third kappa shape index (κ3) is 2.00. The Morgan fingerprint density at radius 2 is 2.33 bits per heavy atom. The first-order valence-electron chi connectivity index (χ1n) is 6.07. The van der Waals surface area contributed by atoms with Crippen LogP contribution in [0.1, 0.15) is 11.8 Å². The average Bonchev–Trinajstić information content (AvgIpc) is 2.67. The third-order valence-electron chi connectivity index (χ3n) is 3.20. The summed E-state index contributed by atoms with van der Waals surface area (Å²) in [6.07, 6.45) is 0.0669. The summed E-state index contributed by atoms with van der Waals surface area (Å²) in [5, 5.41) is 6.46. The van der Waals surface area contributed by atoms with Gasteiger partial charge in [-0.2, -0.15) is 5.10 Å². The zero-order valence-corrected chi connectivity index (χ0v) is 11.3. The van der Waals surface area contributed by atoms with Gasteiger partial charge < -0.3 is 9.64 Å². The second kappa shape index (κ2) is 4.53. The van der Waals surface area contributed by atoms with Crippen LogP contribution in [0.5, 0.6) is 0 Å². The van der Waals surface area contributed by atoms with Gasteiger partial charge in [0.15, 0.2) is 0 Å². The molecule has 0 spiro atoms. The van der Waals surface area contributed by atoms with Gasteiger partial charge in [-0.3, -0.25) is 4.68 Å². The Labute approximate surface area is 111 Å². The molecule has 5 heteroatoms. The van der Waals surface area contributed by atoms with Crippen LogP contribution in [0, 0.1) is 0 Å². The maximum Gasteiger partial charge on any atom is 0.112 e. The van der Waals surface area contributed by atoms with Crippen molar-refractivity contribution in [2.45, 2.75) is 12.6 Å². The molecule has 18 heavy (non-hydrogen) atoms. The number of fused-ring (bicyclic) bond motifs is 3. The van der Waals surface area contributed by atoms with Crippen molar-refractivity contribution in [3.8, 4) is 0 Å². The Bertz CT molecular complexity index is 579. The molecule has 96 valence electrons. The summed E-state index contributed by atoms with van der Waals surface area (Å²) in [6, 6.07) is 5.83. The number of nitrogens with zero attached hydrogens (tertiary/aromatic N) is 3. The number of hydrogen-bond donors (Lipinski definition) is 0. The van der Waals surface area contributed by atoms with Crippen molar-refractivity contribution >= 4 is 22.5 Å². The molecule has 0 radical (unpaired) electrons. The number of aromatic nitrogens is 2. The molecule has 0 bridgehead atoms. The smallest absolute Gasteiger partial charge is 0.112 e. The largest absolute Gasteiger partial charge is 0.369 e. The van der Waals surface area contributed by atoms with Gasteiger partial charge in [0, 0.05) is 17.0 Å². The van der Waals surface area contributed by atoms with Gasteiger partial charge in [-0.25, -0.2) is 0 Å².